The van der Waals surface area contributed by atoms with E-state index in [0.29, 0.717) is 0 Å². The molecule has 1 atom stereocenters. The molecule has 0 bridgehead atoms. The zero-order valence-corrected chi connectivity index (χ0v) is 9.79. The number of esters is 2. The summed E-state index contributed by atoms with van der Waals surface area (Å²) < 4.78 is 9.26. The van der Waals surface area contributed by atoms with E-state index in [1.165, 1.54) is 14.7 Å². The molecule has 0 aliphatic heterocycles. The van der Waals surface area contributed by atoms with E-state index in [1.807, 2.05) is 0 Å². The summed E-state index contributed by atoms with van der Waals surface area (Å²) in [5.41, 5.74) is -0.680. The zero-order valence-electron chi connectivity index (χ0n) is 9.79. The van der Waals surface area contributed by atoms with Gasteiger partial charge in [-0.1, -0.05) is 0 Å². The Morgan fingerprint density at radius 3 is 2.27 bits per heavy atom. The summed E-state index contributed by atoms with van der Waals surface area (Å²) in [6.45, 7) is 6.62. The molecule has 0 heterocycles. The fourth-order valence-corrected chi connectivity index (χ4v) is 0.571. The fourth-order valence-electron chi connectivity index (χ4n) is 0.571. The largest absolute Gasteiger partial charge is 0.427 e. The van der Waals surface area contributed by atoms with Gasteiger partial charge in [0.15, 0.2) is 0 Å². The van der Waals surface area contributed by atoms with Crippen LogP contribution in [0.5, 0.6) is 0 Å². The van der Waals surface area contributed by atoms with Crippen LogP contribution in [0.2, 0.25) is 0 Å². The third-order valence-electron chi connectivity index (χ3n) is 1.60. The molecule has 1 radical (unpaired) electrons. The van der Waals surface area contributed by atoms with E-state index < -0.39 is 23.4 Å². The summed E-state index contributed by atoms with van der Waals surface area (Å²) in [6.07, 6.45) is 0. The molecular weight excluding hydrogens is 197 g/mol. The van der Waals surface area contributed by atoms with Gasteiger partial charge in [-0.2, -0.15) is 0 Å². The van der Waals surface area contributed by atoms with Crippen LogP contribution in [0.15, 0.2) is 0 Å². The summed E-state index contributed by atoms with van der Waals surface area (Å²) in [4.78, 5) is 22.7. The highest BCUT2D eigenvalue weighted by Crippen LogP contribution is 2.15. The summed E-state index contributed by atoms with van der Waals surface area (Å²) in [5.74, 6) is -1.17. The minimum absolute atomic E-state index is 0.543. The van der Waals surface area contributed by atoms with E-state index in [4.69, 9.17) is 0 Å². The monoisotopic (exact) mass is 214 g/mol. The Kier molecular flexibility index (Phi) is 5.53. The van der Waals surface area contributed by atoms with Crippen molar-refractivity contribution >= 4 is 19.6 Å². The first-order valence-corrected chi connectivity index (χ1v) is 4.65. The lowest BCUT2D eigenvalue weighted by atomic mass is 9.97. The minimum Gasteiger partial charge on any atom is -0.427 e. The van der Waals surface area contributed by atoms with Gasteiger partial charge in [0.05, 0.1) is 11.5 Å². The quantitative estimate of drug-likeness (QED) is 0.413. The van der Waals surface area contributed by atoms with Crippen molar-refractivity contribution in [3.05, 3.63) is 0 Å². The third-order valence-corrected chi connectivity index (χ3v) is 1.60. The molecule has 0 aromatic heterocycles. The summed E-state index contributed by atoms with van der Waals surface area (Å²) >= 11 is 0. The first kappa shape index (κ1) is 14.1. The molecule has 0 rings (SSSR count). The highest BCUT2D eigenvalue weighted by atomic mass is 16.6. The highest BCUT2D eigenvalue weighted by molar-refractivity contribution is 6.24. The average Bonchev–Trinajstić information content (AvgIpc) is 2.12. The van der Waals surface area contributed by atoms with Crippen molar-refractivity contribution in [3.63, 3.8) is 0 Å². The molecule has 0 aliphatic carbocycles. The lowest BCUT2D eigenvalue weighted by Gasteiger charge is -2.17. The lowest BCUT2D eigenvalue weighted by Crippen LogP contribution is -2.40. The number of hydrogen-bond acceptors (Lipinski definition) is 5. The Bertz CT molecular complexity index is 237. The van der Waals surface area contributed by atoms with Crippen LogP contribution in [-0.2, 0) is 19.0 Å². The van der Waals surface area contributed by atoms with Crippen LogP contribution in [-0.4, -0.2) is 32.7 Å². The maximum absolute atomic E-state index is 11.3. The molecule has 0 aliphatic rings. The van der Waals surface area contributed by atoms with Gasteiger partial charge < -0.3 is 14.6 Å². The predicted octanol–water partition coefficient (Wildman–Crippen LogP) is 0.261. The van der Waals surface area contributed by atoms with Gasteiger partial charge in [0.2, 0.25) is 0 Å². The third kappa shape index (κ3) is 5.54. The average molecular weight is 214 g/mol. The maximum Gasteiger partial charge on any atom is 0.396 e. The van der Waals surface area contributed by atoms with Crippen LogP contribution in [0.4, 0.5) is 0 Å². The molecule has 1 N–H and O–H groups in total. The van der Waals surface area contributed by atoms with E-state index in [9.17, 15) is 9.59 Å². The lowest BCUT2D eigenvalue weighted by molar-refractivity contribution is -0.166. The van der Waals surface area contributed by atoms with E-state index in [1.54, 1.807) is 27.7 Å². The van der Waals surface area contributed by atoms with Crippen molar-refractivity contribution in [1.82, 2.24) is 5.23 Å². The van der Waals surface area contributed by atoms with Crippen molar-refractivity contribution in [3.8, 4) is 0 Å². The number of ether oxygens (including phenoxy) is 1. The molecule has 0 saturated carbocycles. The molecule has 6 heteroatoms. The fraction of sp³-hybridized carbons (Fsp3) is 0.778. The summed E-state index contributed by atoms with van der Waals surface area (Å²) in [5, 5.41) is 2.61. The molecule has 85 valence electrons. The molecular formula is C9H17BNO4. The number of rotatable bonds is 4. The zero-order chi connectivity index (χ0) is 12.1. The smallest absolute Gasteiger partial charge is 0.396 e. The molecule has 0 aromatic carbocycles. The molecule has 15 heavy (non-hydrogen) atoms. The van der Waals surface area contributed by atoms with Gasteiger partial charge >= 0.3 is 19.6 Å². The molecule has 0 spiro atoms. The Hall–Kier alpha value is -0.875. The minimum atomic E-state index is -0.680. The van der Waals surface area contributed by atoms with Gasteiger partial charge in [-0.3, -0.25) is 4.79 Å². The highest BCUT2D eigenvalue weighted by Gasteiger charge is 2.27. The normalized spacial score (nSPS) is 13.1. The van der Waals surface area contributed by atoms with E-state index in [-0.39, 0.29) is 0 Å². The molecule has 0 unspecified atom stereocenters. The SMILES string of the molecule is CO[B]N[C@H](C)C(=O)OC(=O)C(C)(C)C. The number of carbonyl (C=O) groups is 2. The molecule has 0 saturated heterocycles. The molecule has 0 aromatic rings. The predicted molar refractivity (Wildman–Crippen MR) is 55.9 cm³/mol. The van der Waals surface area contributed by atoms with Gasteiger partial charge in [0.1, 0.15) is 0 Å². The van der Waals surface area contributed by atoms with Crippen LogP contribution >= 0.6 is 0 Å². The van der Waals surface area contributed by atoms with Crippen LogP contribution in [0, 0.1) is 5.41 Å². The number of hydrogen-bond donors (Lipinski definition) is 1. The summed E-state index contributed by atoms with van der Waals surface area (Å²) in [6, 6.07) is -0.615. The van der Waals surface area contributed by atoms with Crippen molar-refractivity contribution in [2.45, 2.75) is 33.7 Å². The van der Waals surface area contributed by atoms with Gasteiger partial charge in [-0.25, -0.2) is 4.79 Å². The second kappa shape index (κ2) is 5.87. The first-order chi connectivity index (χ1) is 6.79. The standard InChI is InChI=1S/C9H17BNO4/c1-6(11-10-14-5)7(12)15-8(13)9(2,3)4/h6,11H,1-5H3/t6-/m1/s1. The Labute approximate surface area is 90.8 Å². The van der Waals surface area contributed by atoms with Gasteiger partial charge in [0.25, 0.3) is 0 Å². The molecule has 0 fully saturated rings. The van der Waals surface area contributed by atoms with Gasteiger partial charge in [-0.15, -0.1) is 0 Å². The van der Waals surface area contributed by atoms with E-state index in [2.05, 4.69) is 14.6 Å². The van der Waals surface area contributed by atoms with Crippen molar-refractivity contribution < 1.29 is 19.0 Å². The second-order valence-electron chi connectivity index (χ2n) is 4.20. The van der Waals surface area contributed by atoms with E-state index in [0.717, 1.165) is 0 Å². The van der Waals surface area contributed by atoms with Crippen LogP contribution in [0.3, 0.4) is 0 Å². The second-order valence-corrected chi connectivity index (χ2v) is 4.20. The Morgan fingerprint density at radius 2 is 1.87 bits per heavy atom. The summed E-state index contributed by atoms with van der Waals surface area (Å²) in [7, 11) is 2.71. The molecule has 0 amide bonds. The Morgan fingerprint density at radius 1 is 1.33 bits per heavy atom. The first-order valence-electron chi connectivity index (χ1n) is 4.65. The maximum atomic E-state index is 11.3. The van der Waals surface area contributed by atoms with Crippen molar-refractivity contribution in [2.75, 3.05) is 7.11 Å². The van der Waals surface area contributed by atoms with Crippen molar-refractivity contribution in [1.29, 1.82) is 0 Å². The Balaban J connectivity index is 4.08. The van der Waals surface area contributed by atoms with E-state index >= 15 is 0 Å². The van der Waals surface area contributed by atoms with Gasteiger partial charge in [0, 0.05) is 7.11 Å². The van der Waals surface area contributed by atoms with Crippen molar-refractivity contribution in [2.24, 2.45) is 5.41 Å². The molecule has 5 nitrogen and oxygen atoms in total. The van der Waals surface area contributed by atoms with Crippen LogP contribution < -0.4 is 5.23 Å². The van der Waals surface area contributed by atoms with Crippen LogP contribution in [0.25, 0.3) is 0 Å². The topological polar surface area (TPSA) is 64.6 Å². The number of carbonyl (C=O) groups excluding carboxylic acids is 2. The number of nitrogens with one attached hydrogen (secondary N) is 1. The van der Waals surface area contributed by atoms with Gasteiger partial charge in [-0.05, 0) is 27.7 Å². The van der Waals surface area contributed by atoms with Crippen LogP contribution in [0.1, 0.15) is 27.7 Å².